The number of amides is 1. The molecule has 2 aromatic rings. The van der Waals surface area contributed by atoms with Gasteiger partial charge in [0.2, 0.25) is 0 Å². The van der Waals surface area contributed by atoms with Gasteiger partial charge in [0.1, 0.15) is 6.61 Å². The van der Waals surface area contributed by atoms with Crippen molar-refractivity contribution >= 4 is 17.6 Å². The van der Waals surface area contributed by atoms with Gasteiger partial charge in [0, 0.05) is 30.1 Å². The minimum absolute atomic E-state index is 0.00640. The van der Waals surface area contributed by atoms with E-state index in [0.717, 1.165) is 0 Å². The lowest BCUT2D eigenvalue weighted by atomic mass is 10.2. The van der Waals surface area contributed by atoms with Crippen molar-refractivity contribution in [3.05, 3.63) is 70.0 Å². The third-order valence-corrected chi connectivity index (χ3v) is 2.86. The molecular formula is C15H13N3O5. The predicted molar refractivity (Wildman–Crippen MR) is 79.9 cm³/mol. The second-order valence-corrected chi connectivity index (χ2v) is 4.44. The lowest BCUT2D eigenvalue weighted by molar-refractivity contribution is -0.384. The molecule has 0 aliphatic carbocycles. The first-order valence-corrected chi connectivity index (χ1v) is 6.68. The van der Waals surface area contributed by atoms with Crippen LogP contribution in [0.5, 0.6) is 0 Å². The Balaban J connectivity index is 1.76. The van der Waals surface area contributed by atoms with Crippen molar-refractivity contribution in [2.45, 2.75) is 0 Å². The Morgan fingerprint density at radius 1 is 1.17 bits per heavy atom. The third kappa shape index (κ3) is 4.60. The van der Waals surface area contributed by atoms with Crippen LogP contribution in [0.4, 0.5) is 5.69 Å². The molecule has 8 nitrogen and oxygen atoms in total. The van der Waals surface area contributed by atoms with Gasteiger partial charge in [-0.2, -0.15) is 0 Å². The number of nitro benzene ring substituents is 1. The lowest BCUT2D eigenvalue weighted by Crippen LogP contribution is -2.28. The summed E-state index contributed by atoms with van der Waals surface area (Å²) in [6.07, 6.45) is 2.93. The molecule has 0 saturated carbocycles. The van der Waals surface area contributed by atoms with Crippen molar-refractivity contribution in [3.63, 3.8) is 0 Å². The highest BCUT2D eigenvalue weighted by Gasteiger charge is 2.10. The fraction of sp³-hybridized carbons (Fsp3) is 0.133. The first kappa shape index (κ1) is 16.1. The van der Waals surface area contributed by atoms with E-state index < -0.39 is 16.8 Å². The van der Waals surface area contributed by atoms with Gasteiger partial charge in [-0.1, -0.05) is 0 Å². The average Bonchev–Trinajstić information content (AvgIpc) is 2.59. The molecule has 0 bridgehead atoms. The van der Waals surface area contributed by atoms with Crippen molar-refractivity contribution in [2.75, 3.05) is 13.2 Å². The number of carbonyl (C=O) groups is 2. The quantitative estimate of drug-likeness (QED) is 0.375. The number of esters is 1. The van der Waals surface area contributed by atoms with Gasteiger partial charge in [-0.25, -0.2) is 4.79 Å². The smallest absolute Gasteiger partial charge is 0.339 e. The van der Waals surface area contributed by atoms with Crippen LogP contribution in [0.15, 0.2) is 48.8 Å². The Morgan fingerprint density at radius 3 is 2.52 bits per heavy atom. The number of benzene rings is 1. The summed E-state index contributed by atoms with van der Waals surface area (Å²) < 4.78 is 4.98. The molecule has 118 valence electrons. The van der Waals surface area contributed by atoms with E-state index in [9.17, 15) is 19.7 Å². The molecule has 0 spiro atoms. The molecular weight excluding hydrogens is 302 g/mol. The molecule has 8 heteroatoms. The minimum Gasteiger partial charge on any atom is -0.460 e. The summed E-state index contributed by atoms with van der Waals surface area (Å²) in [5.74, 6) is -0.931. The number of nitro groups is 1. The Morgan fingerprint density at radius 2 is 1.91 bits per heavy atom. The fourth-order valence-electron chi connectivity index (χ4n) is 1.71. The summed E-state index contributed by atoms with van der Waals surface area (Å²) in [5, 5.41) is 13.1. The Kier molecular flexibility index (Phi) is 5.35. The van der Waals surface area contributed by atoms with Crippen LogP contribution in [0.1, 0.15) is 20.7 Å². The highest BCUT2D eigenvalue weighted by molar-refractivity contribution is 5.94. The van der Waals surface area contributed by atoms with E-state index >= 15 is 0 Å². The molecule has 0 aliphatic heterocycles. The van der Waals surface area contributed by atoms with E-state index in [2.05, 4.69) is 10.3 Å². The number of hydrogen-bond donors (Lipinski definition) is 1. The first-order valence-electron chi connectivity index (χ1n) is 6.68. The van der Waals surface area contributed by atoms with Gasteiger partial charge in [0.25, 0.3) is 11.6 Å². The Hall–Kier alpha value is -3.29. The highest BCUT2D eigenvalue weighted by Crippen LogP contribution is 2.11. The largest absolute Gasteiger partial charge is 0.460 e. The summed E-state index contributed by atoms with van der Waals surface area (Å²) in [4.78, 5) is 37.2. The summed E-state index contributed by atoms with van der Waals surface area (Å²) in [6.45, 7) is 0.133. The van der Waals surface area contributed by atoms with Gasteiger partial charge in [-0.05, 0) is 24.3 Å². The molecule has 0 radical (unpaired) electrons. The second kappa shape index (κ2) is 7.64. The number of hydrogen-bond acceptors (Lipinski definition) is 6. The van der Waals surface area contributed by atoms with Crippen molar-refractivity contribution < 1.29 is 19.2 Å². The van der Waals surface area contributed by atoms with Crippen LogP contribution in [-0.4, -0.2) is 34.9 Å². The molecule has 1 aromatic heterocycles. The number of non-ortho nitro benzene ring substituents is 1. The number of rotatable bonds is 6. The standard InChI is InChI=1S/C15H13N3O5/c19-14(11-3-5-13(6-4-11)18(21)22)17-8-9-23-15(20)12-2-1-7-16-10-12/h1-7,10H,8-9H2,(H,17,19). The zero-order valence-electron chi connectivity index (χ0n) is 12.0. The molecule has 2 rings (SSSR count). The van der Waals surface area contributed by atoms with E-state index in [1.807, 2.05) is 0 Å². The van der Waals surface area contributed by atoms with Gasteiger partial charge in [-0.3, -0.25) is 19.9 Å². The lowest BCUT2D eigenvalue weighted by Gasteiger charge is -2.06. The van der Waals surface area contributed by atoms with Crippen LogP contribution in [-0.2, 0) is 4.74 Å². The second-order valence-electron chi connectivity index (χ2n) is 4.44. The van der Waals surface area contributed by atoms with Crippen LogP contribution >= 0.6 is 0 Å². The van der Waals surface area contributed by atoms with Crippen LogP contribution in [0.3, 0.4) is 0 Å². The van der Waals surface area contributed by atoms with E-state index in [0.29, 0.717) is 5.56 Å². The molecule has 1 amide bonds. The zero-order valence-corrected chi connectivity index (χ0v) is 12.0. The predicted octanol–water partition coefficient (Wildman–Crippen LogP) is 1.58. The van der Waals surface area contributed by atoms with Crippen molar-refractivity contribution in [3.8, 4) is 0 Å². The molecule has 0 saturated heterocycles. The molecule has 0 unspecified atom stereocenters. The van der Waals surface area contributed by atoms with E-state index in [1.165, 1.54) is 30.5 Å². The van der Waals surface area contributed by atoms with Crippen LogP contribution in [0.25, 0.3) is 0 Å². The Labute approximate surface area is 131 Å². The summed E-state index contributed by atoms with van der Waals surface area (Å²) in [5.41, 5.74) is 0.523. The highest BCUT2D eigenvalue weighted by atomic mass is 16.6. The average molecular weight is 315 g/mol. The zero-order chi connectivity index (χ0) is 16.7. The van der Waals surface area contributed by atoms with Crippen LogP contribution in [0.2, 0.25) is 0 Å². The molecule has 1 heterocycles. The molecule has 1 N–H and O–H groups in total. The van der Waals surface area contributed by atoms with Crippen LogP contribution in [0, 0.1) is 10.1 Å². The first-order chi connectivity index (χ1) is 11.1. The molecule has 0 fully saturated rings. The summed E-state index contributed by atoms with van der Waals surface area (Å²) in [6, 6.07) is 8.40. The third-order valence-electron chi connectivity index (χ3n) is 2.86. The number of ether oxygens (including phenoxy) is 1. The van der Waals surface area contributed by atoms with Gasteiger partial charge in [-0.15, -0.1) is 0 Å². The normalized spacial score (nSPS) is 9.91. The van der Waals surface area contributed by atoms with Gasteiger partial charge in [0.15, 0.2) is 0 Å². The number of nitrogens with one attached hydrogen (secondary N) is 1. The number of carbonyl (C=O) groups excluding carboxylic acids is 2. The number of pyridine rings is 1. The topological polar surface area (TPSA) is 111 Å². The van der Waals surface area contributed by atoms with Crippen molar-refractivity contribution in [1.82, 2.24) is 10.3 Å². The van der Waals surface area contributed by atoms with Gasteiger partial charge < -0.3 is 10.1 Å². The summed E-state index contributed by atoms with van der Waals surface area (Å²) in [7, 11) is 0. The van der Waals surface area contributed by atoms with Gasteiger partial charge >= 0.3 is 5.97 Å². The number of nitrogens with zero attached hydrogens (tertiary/aromatic N) is 2. The SMILES string of the molecule is O=C(NCCOC(=O)c1cccnc1)c1ccc([N+](=O)[O-])cc1. The number of aromatic nitrogens is 1. The van der Waals surface area contributed by atoms with Crippen molar-refractivity contribution in [2.24, 2.45) is 0 Å². The minimum atomic E-state index is -0.542. The fourth-order valence-corrected chi connectivity index (χ4v) is 1.71. The maximum Gasteiger partial charge on any atom is 0.339 e. The van der Waals surface area contributed by atoms with E-state index in [4.69, 9.17) is 4.74 Å². The Bertz CT molecular complexity index is 701. The molecule has 0 aliphatic rings. The van der Waals surface area contributed by atoms with Gasteiger partial charge in [0.05, 0.1) is 17.0 Å². The molecule has 0 atom stereocenters. The van der Waals surface area contributed by atoms with Crippen molar-refractivity contribution in [1.29, 1.82) is 0 Å². The van der Waals surface area contributed by atoms with E-state index in [1.54, 1.807) is 18.3 Å². The summed E-state index contributed by atoms with van der Waals surface area (Å²) >= 11 is 0. The van der Waals surface area contributed by atoms with Crippen LogP contribution < -0.4 is 5.32 Å². The maximum absolute atomic E-state index is 11.8. The monoisotopic (exact) mass is 315 g/mol. The maximum atomic E-state index is 11.8. The molecule has 1 aromatic carbocycles. The molecule has 23 heavy (non-hydrogen) atoms. The van der Waals surface area contributed by atoms with E-state index in [-0.39, 0.29) is 24.4 Å².